The van der Waals surface area contributed by atoms with Gasteiger partial charge in [-0.15, -0.1) is 0 Å². The summed E-state index contributed by atoms with van der Waals surface area (Å²) in [5.74, 6) is 0. The summed E-state index contributed by atoms with van der Waals surface area (Å²) in [6, 6.07) is 7.70. The molecule has 1 rings (SSSR count). The molecule has 0 aliphatic rings. The summed E-state index contributed by atoms with van der Waals surface area (Å²) in [7, 11) is 3.24. The highest BCUT2D eigenvalue weighted by Crippen LogP contribution is 2.13. The lowest BCUT2D eigenvalue weighted by Gasteiger charge is -2.11. The van der Waals surface area contributed by atoms with E-state index in [0.29, 0.717) is 17.3 Å². The zero-order chi connectivity index (χ0) is 15.0. The summed E-state index contributed by atoms with van der Waals surface area (Å²) >= 11 is 5.25. The van der Waals surface area contributed by atoms with Crippen molar-refractivity contribution in [3.8, 4) is 0 Å². The molecular weight excluding hydrogens is 274 g/mol. The first-order chi connectivity index (χ1) is 9.60. The van der Waals surface area contributed by atoms with Crippen LogP contribution >= 0.6 is 12.2 Å². The predicted molar refractivity (Wildman–Crippen MR) is 85.2 cm³/mol. The quantitative estimate of drug-likeness (QED) is 0.497. The minimum atomic E-state index is 0.344. The average Bonchev–Trinajstić information content (AvgIpc) is 2.44. The zero-order valence-corrected chi connectivity index (χ0v) is 13.0. The van der Waals surface area contributed by atoms with Gasteiger partial charge in [-0.1, -0.05) is 46.8 Å². The van der Waals surface area contributed by atoms with Crippen molar-refractivity contribution < 1.29 is 9.68 Å². The third-order valence-corrected chi connectivity index (χ3v) is 2.76. The summed E-state index contributed by atoms with van der Waals surface area (Å²) < 4.78 is 0. The molecule has 0 aliphatic heterocycles. The van der Waals surface area contributed by atoms with Crippen LogP contribution in [0.25, 0.3) is 0 Å². The molecule has 5 nitrogen and oxygen atoms in total. The Bertz CT molecular complexity index is 523. The Kier molecular flexibility index (Phi) is 6.66. The molecule has 0 aromatic heterocycles. The van der Waals surface area contributed by atoms with E-state index in [1.807, 2.05) is 38.1 Å². The van der Waals surface area contributed by atoms with E-state index in [2.05, 4.69) is 15.6 Å². The van der Waals surface area contributed by atoms with Crippen molar-refractivity contribution >= 4 is 28.6 Å². The maximum atomic E-state index is 5.29. The fourth-order valence-corrected chi connectivity index (χ4v) is 1.68. The first-order valence-corrected chi connectivity index (χ1v) is 6.55. The van der Waals surface area contributed by atoms with Crippen LogP contribution < -0.4 is 5.32 Å². The Hall–Kier alpha value is -1.95. The molecule has 0 heterocycles. The predicted octanol–water partition coefficient (Wildman–Crippen LogP) is 2.50. The molecule has 0 unspecified atom stereocenters. The van der Waals surface area contributed by atoms with Crippen molar-refractivity contribution in [2.75, 3.05) is 14.2 Å². The molecule has 0 amide bonds. The summed E-state index contributed by atoms with van der Waals surface area (Å²) in [5.41, 5.74) is 3.23. The summed E-state index contributed by atoms with van der Waals surface area (Å²) in [5, 5.41) is 10.8. The second kappa shape index (κ2) is 8.27. The van der Waals surface area contributed by atoms with Crippen LogP contribution in [-0.2, 0) is 16.3 Å². The van der Waals surface area contributed by atoms with Gasteiger partial charge in [-0.3, -0.25) is 0 Å². The summed E-state index contributed by atoms with van der Waals surface area (Å²) in [6.45, 7) is 4.09. The van der Waals surface area contributed by atoms with Crippen LogP contribution in [0, 0.1) is 0 Å². The van der Waals surface area contributed by atoms with Crippen molar-refractivity contribution in [3.05, 3.63) is 35.4 Å². The monoisotopic (exact) mass is 293 g/mol. The highest BCUT2D eigenvalue weighted by atomic mass is 32.1. The van der Waals surface area contributed by atoms with Crippen LogP contribution in [0.5, 0.6) is 0 Å². The van der Waals surface area contributed by atoms with Gasteiger partial charge in [0.25, 0.3) is 0 Å². The van der Waals surface area contributed by atoms with Gasteiger partial charge in [0.05, 0.1) is 5.71 Å². The Morgan fingerprint density at radius 1 is 1.25 bits per heavy atom. The highest BCUT2D eigenvalue weighted by molar-refractivity contribution is 7.82. The van der Waals surface area contributed by atoms with E-state index >= 15 is 0 Å². The van der Waals surface area contributed by atoms with E-state index in [0.717, 1.165) is 16.8 Å². The molecular formula is C14H19N3O2S. The zero-order valence-electron chi connectivity index (χ0n) is 12.1. The Morgan fingerprint density at radius 3 is 2.55 bits per heavy atom. The number of hydrogen-bond acceptors (Lipinski definition) is 5. The lowest BCUT2D eigenvalue weighted by Crippen LogP contribution is -2.27. The third-order valence-electron chi connectivity index (χ3n) is 2.36. The molecule has 0 saturated heterocycles. The number of nitrogens with zero attached hydrogens (tertiary/aromatic N) is 2. The van der Waals surface area contributed by atoms with E-state index in [1.54, 1.807) is 7.05 Å². The molecule has 108 valence electrons. The van der Waals surface area contributed by atoms with Crippen molar-refractivity contribution in [3.63, 3.8) is 0 Å². The third kappa shape index (κ3) is 4.62. The number of thiocarbonyl (C=S) groups is 1. The van der Waals surface area contributed by atoms with Gasteiger partial charge in [-0.05, 0) is 13.8 Å². The summed E-state index contributed by atoms with van der Waals surface area (Å²) in [6.07, 6.45) is 0. The Morgan fingerprint density at radius 2 is 1.95 bits per heavy atom. The van der Waals surface area contributed by atoms with Crippen LogP contribution in [0.2, 0.25) is 0 Å². The van der Waals surface area contributed by atoms with E-state index in [-0.39, 0.29) is 0 Å². The first kappa shape index (κ1) is 16.1. The van der Waals surface area contributed by atoms with Gasteiger partial charge < -0.3 is 15.0 Å². The Balaban J connectivity index is 3.07. The van der Waals surface area contributed by atoms with Gasteiger partial charge in [-0.2, -0.15) is 0 Å². The maximum absolute atomic E-state index is 5.29. The molecule has 1 aromatic carbocycles. The van der Waals surface area contributed by atoms with Gasteiger partial charge in [0, 0.05) is 18.2 Å². The number of likely N-dealkylation sites (N-methyl/N-ethyl adjacent to an activating group) is 1. The fourth-order valence-electron chi connectivity index (χ4n) is 1.53. The molecule has 1 N–H and O–H groups in total. The minimum absolute atomic E-state index is 0.344. The normalized spacial score (nSPS) is 10.7. The van der Waals surface area contributed by atoms with Crippen LogP contribution in [0.1, 0.15) is 25.0 Å². The average molecular weight is 293 g/mol. The second-order valence-electron chi connectivity index (χ2n) is 4.17. The fraction of sp³-hybridized carbons (Fsp3) is 0.357. The van der Waals surface area contributed by atoms with Crippen molar-refractivity contribution in [1.29, 1.82) is 0 Å². The largest absolute Gasteiger partial charge is 0.399 e. The number of benzene rings is 1. The van der Waals surface area contributed by atoms with E-state index in [9.17, 15) is 0 Å². The topological polar surface area (TPSA) is 55.2 Å². The van der Waals surface area contributed by atoms with Crippen LogP contribution in [0.4, 0.5) is 0 Å². The van der Waals surface area contributed by atoms with Gasteiger partial charge in [-0.25, -0.2) is 0 Å². The lowest BCUT2D eigenvalue weighted by atomic mass is 10.0. The molecule has 0 spiro atoms. The molecule has 6 heteroatoms. The van der Waals surface area contributed by atoms with Crippen LogP contribution in [0.15, 0.2) is 34.6 Å². The Labute approximate surface area is 124 Å². The standard InChI is InChI=1S/C14H19N3O2S/c1-10(2)16-19-9-11-7-5-6-8-12(11)13(17-18-4)14(20)15-3/h5-8H,9H2,1-4H3,(H,15,20)/b17-13-. The maximum Gasteiger partial charge on any atom is 0.144 e. The molecule has 0 radical (unpaired) electrons. The van der Waals surface area contributed by atoms with Crippen molar-refractivity contribution in [1.82, 2.24) is 5.32 Å². The summed E-state index contributed by atoms with van der Waals surface area (Å²) in [4.78, 5) is 10.7. The number of rotatable bonds is 6. The van der Waals surface area contributed by atoms with E-state index in [1.165, 1.54) is 7.11 Å². The van der Waals surface area contributed by atoms with Crippen molar-refractivity contribution in [2.45, 2.75) is 20.5 Å². The molecule has 20 heavy (non-hydrogen) atoms. The van der Waals surface area contributed by atoms with E-state index < -0.39 is 0 Å². The molecule has 0 bridgehead atoms. The second-order valence-corrected chi connectivity index (χ2v) is 4.58. The number of nitrogens with one attached hydrogen (secondary N) is 1. The lowest BCUT2D eigenvalue weighted by molar-refractivity contribution is 0.130. The van der Waals surface area contributed by atoms with Gasteiger partial charge in [0.15, 0.2) is 0 Å². The van der Waals surface area contributed by atoms with Gasteiger partial charge in [0.1, 0.15) is 24.4 Å². The smallest absolute Gasteiger partial charge is 0.144 e. The number of hydrogen-bond donors (Lipinski definition) is 1. The van der Waals surface area contributed by atoms with Gasteiger partial charge >= 0.3 is 0 Å². The van der Waals surface area contributed by atoms with E-state index in [4.69, 9.17) is 21.9 Å². The molecule has 0 atom stereocenters. The van der Waals surface area contributed by atoms with Crippen molar-refractivity contribution in [2.24, 2.45) is 10.3 Å². The van der Waals surface area contributed by atoms with Gasteiger partial charge in [0.2, 0.25) is 0 Å². The van der Waals surface area contributed by atoms with Crippen LogP contribution in [-0.4, -0.2) is 30.6 Å². The molecule has 0 aliphatic carbocycles. The first-order valence-electron chi connectivity index (χ1n) is 6.14. The molecule has 0 fully saturated rings. The van der Waals surface area contributed by atoms with Crippen LogP contribution in [0.3, 0.4) is 0 Å². The minimum Gasteiger partial charge on any atom is -0.399 e. The highest BCUT2D eigenvalue weighted by Gasteiger charge is 2.14. The molecule has 0 saturated carbocycles. The molecule has 1 aromatic rings. The number of oxime groups is 2. The SMILES string of the molecule is CNC(=S)/C(=N\OC)c1ccccc1CON=C(C)C.